The van der Waals surface area contributed by atoms with E-state index in [1.54, 1.807) is 0 Å². The van der Waals surface area contributed by atoms with E-state index in [0.717, 1.165) is 32.3 Å². The van der Waals surface area contributed by atoms with E-state index in [9.17, 15) is 4.79 Å². The number of hydrogen-bond acceptors (Lipinski definition) is 3. The molecule has 4 atom stereocenters. The molecule has 19 heavy (non-hydrogen) atoms. The summed E-state index contributed by atoms with van der Waals surface area (Å²) in [6.45, 7) is 7.15. The van der Waals surface area contributed by atoms with Gasteiger partial charge in [-0.2, -0.15) is 0 Å². The van der Waals surface area contributed by atoms with Crippen molar-refractivity contribution in [3.8, 4) is 0 Å². The Morgan fingerprint density at radius 2 is 2.00 bits per heavy atom. The monoisotopic (exact) mass is 266 g/mol. The van der Waals surface area contributed by atoms with Crippen molar-refractivity contribution in [3.05, 3.63) is 0 Å². The van der Waals surface area contributed by atoms with E-state index >= 15 is 0 Å². The maximum Gasteiger partial charge on any atom is 0.157 e. The van der Waals surface area contributed by atoms with Gasteiger partial charge in [-0.3, -0.25) is 4.79 Å². The summed E-state index contributed by atoms with van der Waals surface area (Å²) in [5.74, 6) is 0.888. The molecule has 0 spiro atoms. The smallest absolute Gasteiger partial charge is 0.157 e. The van der Waals surface area contributed by atoms with Crippen LogP contribution in [0.3, 0.4) is 0 Å². The van der Waals surface area contributed by atoms with E-state index in [-0.39, 0.29) is 23.2 Å². The molecule has 1 unspecified atom stereocenters. The molecule has 3 heteroatoms. The number of Topliss-reactive ketones (excluding diaryl/α,β-unsaturated/α-hetero) is 1. The van der Waals surface area contributed by atoms with E-state index in [1.807, 2.05) is 0 Å². The molecule has 3 aliphatic carbocycles. The van der Waals surface area contributed by atoms with Gasteiger partial charge in [-0.25, -0.2) is 0 Å². The number of hydrogen-bond donors (Lipinski definition) is 0. The Balaban J connectivity index is 1.75. The predicted octanol–water partition coefficient (Wildman–Crippen LogP) is 3.31. The van der Waals surface area contributed by atoms with Crippen molar-refractivity contribution in [1.82, 2.24) is 0 Å². The molecule has 3 nitrogen and oxygen atoms in total. The minimum Gasteiger partial charge on any atom is -0.353 e. The van der Waals surface area contributed by atoms with Crippen LogP contribution in [0.5, 0.6) is 0 Å². The molecule has 1 aliphatic heterocycles. The van der Waals surface area contributed by atoms with Crippen LogP contribution in [0, 0.1) is 16.7 Å². The van der Waals surface area contributed by atoms with Crippen LogP contribution >= 0.6 is 0 Å². The molecule has 4 rings (SSSR count). The molecule has 2 bridgehead atoms. The van der Waals surface area contributed by atoms with Crippen LogP contribution in [0.1, 0.15) is 59.3 Å². The van der Waals surface area contributed by atoms with Gasteiger partial charge in [0.1, 0.15) is 5.78 Å². The highest BCUT2D eigenvalue weighted by Crippen LogP contribution is 2.57. The van der Waals surface area contributed by atoms with Crippen molar-refractivity contribution < 1.29 is 14.3 Å². The highest BCUT2D eigenvalue weighted by Gasteiger charge is 2.60. The van der Waals surface area contributed by atoms with Gasteiger partial charge in [-0.15, -0.1) is 0 Å². The van der Waals surface area contributed by atoms with Gasteiger partial charge in [0, 0.05) is 12.0 Å². The molecule has 0 aromatic rings. The lowest BCUT2D eigenvalue weighted by atomic mass is 9.49. The highest BCUT2D eigenvalue weighted by atomic mass is 16.7. The Morgan fingerprint density at radius 1 is 1.21 bits per heavy atom. The molecule has 4 aliphatic rings. The minimum absolute atomic E-state index is 0.0647. The Labute approximate surface area is 116 Å². The van der Waals surface area contributed by atoms with Gasteiger partial charge in [0.25, 0.3) is 0 Å². The maximum absolute atomic E-state index is 12.8. The first kappa shape index (κ1) is 13.6. The Morgan fingerprint density at radius 3 is 2.68 bits per heavy atom. The SMILES string of the molecule is CC1(C)C(=O)[C@@]2(C)CC[C@@H]1C[C@H]2OC1CCCCO1. The van der Waals surface area contributed by atoms with Crippen LogP contribution in [0.15, 0.2) is 0 Å². The molecule has 108 valence electrons. The Hall–Kier alpha value is -0.410. The molecular formula is C16H26O3. The fourth-order valence-electron chi connectivity index (χ4n) is 4.32. The Kier molecular flexibility index (Phi) is 3.25. The van der Waals surface area contributed by atoms with Crippen molar-refractivity contribution >= 4 is 5.78 Å². The second kappa shape index (κ2) is 4.56. The van der Waals surface area contributed by atoms with E-state index in [2.05, 4.69) is 20.8 Å². The number of carbonyl (C=O) groups is 1. The van der Waals surface area contributed by atoms with Crippen molar-refractivity contribution in [2.75, 3.05) is 6.61 Å². The van der Waals surface area contributed by atoms with E-state index < -0.39 is 0 Å². The number of ether oxygens (including phenoxy) is 2. The van der Waals surface area contributed by atoms with Crippen LogP contribution < -0.4 is 0 Å². The van der Waals surface area contributed by atoms with Crippen molar-refractivity contribution in [2.24, 2.45) is 16.7 Å². The Bertz CT molecular complexity index is 370. The molecule has 0 N–H and O–H groups in total. The summed E-state index contributed by atoms with van der Waals surface area (Å²) in [7, 11) is 0. The van der Waals surface area contributed by atoms with E-state index in [0.29, 0.717) is 11.7 Å². The number of ketones is 1. The maximum atomic E-state index is 12.8. The summed E-state index contributed by atoms with van der Waals surface area (Å²) in [5, 5.41) is 0. The molecule has 0 aromatic carbocycles. The normalized spacial score (nSPS) is 45.4. The molecule has 0 radical (unpaired) electrons. The summed E-state index contributed by atoms with van der Waals surface area (Å²) in [6, 6.07) is 0. The molecular weight excluding hydrogens is 240 g/mol. The van der Waals surface area contributed by atoms with Gasteiger partial charge < -0.3 is 9.47 Å². The highest BCUT2D eigenvalue weighted by molar-refractivity contribution is 5.92. The fraction of sp³-hybridized carbons (Fsp3) is 0.938. The topological polar surface area (TPSA) is 35.5 Å². The minimum atomic E-state index is -0.293. The third kappa shape index (κ3) is 2.06. The van der Waals surface area contributed by atoms with Gasteiger partial charge in [-0.1, -0.05) is 20.8 Å². The third-order valence-corrected chi connectivity index (χ3v) is 5.80. The molecule has 0 aromatic heterocycles. The lowest BCUT2D eigenvalue weighted by molar-refractivity contribution is -0.236. The average Bonchev–Trinajstić information content (AvgIpc) is 2.39. The molecule has 0 amide bonds. The fourth-order valence-corrected chi connectivity index (χ4v) is 4.32. The van der Waals surface area contributed by atoms with E-state index in [1.165, 1.54) is 12.8 Å². The van der Waals surface area contributed by atoms with Crippen LogP contribution in [-0.2, 0) is 14.3 Å². The van der Waals surface area contributed by atoms with Crippen molar-refractivity contribution in [2.45, 2.75) is 71.7 Å². The average molecular weight is 266 g/mol. The summed E-state index contributed by atoms with van der Waals surface area (Å²) >= 11 is 0. The number of rotatable bonds is 2. The van der Waals surface area contributed by atoms with E-state index in [4.69, 9.17) is 9.47 Å². The summed E-state index contributed by atoms with van der Waals surface area (Å²) in [5.41, 5.74) is -0.459. The first-order valence-corrected chi connectivity index (χ1v) is 7.76. The van der Waals surface area contributed by atoms with Crippen molar-refractivity contribution in [1.29, 1.82) is 0 Å². The standard InChI is InChI=1S/C16H26O3/c1-15(2)11-7-8-16(3,14(15)17)12(10-11)19-13-6-4-5-9-18-13/h11-13H,4-10H2,1-3H3/t11-,12-,13?,16+/m1/s1. The lowest BCUT2D eigenvalue weighted by Gasteiger charge is -2.56. The number of carbonyl (C=O) groups excluding carboxylic acids is 1. The van der Waals surface area contributed by atoms with Gasteiger partial charge in [-0.05, 0) is 44.4 Å². The summed E-state index contributed by atoms with van der Waals surface area (Å²) < 4.78 is 11.9. The first-order valence-electron chi connectivity index (χ1n) is 7.76. The molecule has 1 heterocycles. The first-order chi connectivity index (χ1) is 8.94. The number of fused-ring (bicyclic) bond motifs is 3. The van der Waals surface area contributed by atoms with Crippen LogP contribution in [0.2, 0.25) is 0 Å². The van der Waals surface area contributed by atoms with Gasteiger partial charge in [0.2, 0.25) is 0 Å². The molecule has 3 saturated carbocycles. The zero-order valence-corrected chi connectivity index (χ0v) is 12.4. The second-order valence-corrected chi connectivity index (χ2v) is 7.36. The van der Waals surface area contributed by atoms with Crippen LogP contribution in [-0.4, -0.2) is 24.8 Å². The van der Waals surface area contributed by atoms with Crippen LogP contribution in [0.25, 0.3) is 0 Å². The quantitative estimate of drug-likeness (QED) is 0.769. The second-order valence-electron chi connectivity index (χ2n) is 7.36. The van der Waals surface area contributed by atoms with Gasteiger partial charge >= 0.3 is 0 Å². The van der Waals surface area contributed by atoms with Crippen molar-refractivity contribution in [3.63, 3.8) is 0 Å². The van der Waals surface area contributed by atoms with Crippen LogP contribution in [0.4, 0.5) is 0 Å². The zero-order chi connectivity index (χ0) is 13.7. The third-order valence-electron chi connectivity index (χ3n) is 5.80. The summed E-state index contributed by atoms with van der Waals surface area (Å²) in [6.07, 6.45) is 6.45. The lowest BCUT2D eigenvalue weighted by Crippen LogP contribution is -2.60. The summed E-state index contributed by atoms with van der Waals surface area (Å²) in [4.78, 5) is 12.8. The van der Waals surface area contributed by atoms with Gasteiger partial charge in [0.05, 0.1) is 11.5 Å². The predicted molar refractivity (Wildman–Crippen MR) is 72.7 cm³/mol. The zero-order valence-electron chi connectivity index (χ0n) is 12.4. The molecule has 1 saturated heterocycles. The largest absolute Gasteiger partial charge is 0.353 e. The van der Waals surface area contributed by atoms with Gasteiger partial charge in [0.15, 0.2) is 6.29 Å². The molecule has 4 fully saturated rings.